The predicted molar refractivity (Wildman–Crippen MR) is 88.4 cm³/mol. The van der Waals surface area contributed by atoms with Gasteiger partial charge in [0.05, 0.1) is 11.7 Å². The van der Waals surface area contributed by atoms with Crippen LogP contribution in [0.4, 0.5) is 0 Å². The molecule has 0 bridgehead atoms. The Morgan fingerprint density at radius 3 is 2.73 bits per heavy atom. The van der Waals surface area contributed by atoms with Crippen LogP contribution < -0.4 is 5.32 Å². The maximum absolute atomic E-state index is 12.5. The number of hydrogen-bond donors (Lipinski definition) is 1. The standard InChI is InChI=1S/C16H23N3O2S/c1-10(2)15-14(11(3)18-21-15)16(20)17-8-13(19(4)5)12-6-7-22-9-12/h6-7,9-10,13H,8H2,1-5H3,(H,17,20)/t13-/m1/s1. The van der Waals surface area contributed by atoms with Gasteiger partial charge in [-0.15, -0.1) is 0 Å². The molecule has 22 heavy (non-hydrogen) atoms. The number of likely N-dealkylation sites (N-methyl/N-ethyl adjacent to an activating group) is 1. The van der Waals surface area contributed by atoms with E-state index in [2.05, 4.69) is 32.2 Å². The zero-order valence-electron chi connectivity index (χ0n) is 13.7. The van der Waals surface area contributed by atoms with Crippen molar-refractivity contribution in [2.45, 2.75) is 32.7 Å². The Bertz CT molecular complexity index is 617. The summed E-state index contributed by atoms with van der Waals surface area (Å²) >= 11 is 1.66. The first kappa shape index (κ1) is 16.7. The Balaban J connectivity index is 2.11. The van der Waals surface area contributed by atoms with E-state index in [0.717, 1.165) is 0 Å². The predicted octanol–water partition coefficient (Wildman–Crippen LogP) is 3.20. The van der Waals surface area contributed by atoms with Crippen molar-refractivity contribution in [3.8, 4) is 0 Å². The SMILES string of the molecule is Cc1noc(C(C)C)c1C(=O)NC[C@H](c1ccsc1)N(C)C. The summed E-state index contributed by atoms with van der Waals surface area (Å²) in [5.74, 6) is 0.653. The highest BCUT2D eigenvalue weighted by Crippen LogP contribution is 2.23. The Morgan fingerprint density at radius 1 is 1.45 bits per heavy atom. The molecule has 0 radical (unpaired) electrons. The fourth-order valence-corrected chi connectivity index (χ4v) is 3.11. The number of carbonyl (C=O) groups is 1. The second-order valence-corrected chi connectivity index (χ2v) is 6.69. The molecule has 0 saturated heterocycles. The first-order valence-electron chi connectivity index (χ1n) is 7.34. The van der Waals surface area contributed by atoms with Crippen molar-refractivity contribution >= 4 is 17.2 Å². The number of aryl methyl sites for hydroxylation is 1. The van der Waals surface area contributed by atoms with E-state index in [1.165, 1.54) is 5.56 Å². The zero-order valence-corrected chi connectivity index (χ0v) is 14.5. The molecule has 5 nitrogen and oxygen atoms in total. The van der Waals surface area contributed by atoms with Gasteiger partial charge in [0.1, 0.15) is 5.56 Å². The van der Waals surface area contributed by atoms with Crippen LogP contribution in [0.25, 0.3) is 0 Å². The third kappa shape index (κ3) is 3.56. The quantitative estimate of drug-likeness (QED) is 0.887. The average Bonchev–Trinajstić information content (AvgIpc) is 3.07. The third-order valence-electron chi connectivity index (χ3n) is 3.65. The monoisotopic (exact) mass is 321 g/mol. The maximum Gasteiger partial charge on any atom is 0.256 e. The number of amides is 1. The van der Waals surface area contributed by atoms with E-state index < -0.39 is 0 Å². The van der Waals surface area contributed by atoms with Crippen LogP contribution in [0.1, 0.15) is 53.2 Å². The summed E-state index contributed by atoms with van der Waals surface area (Å²) in [7, 11) is 4.03. The summed E-state index contributed by atoms with van der Waals surface area (Å²) in [5, 5.41) is 11.1. The van der Waals surface area contributed by atoms with E-state index >= 15 is 0 Å². The van der Waals surface area contributed by atoms with Crippen LogP contribution in [0.3, 0.4) is 0 Å². The van der Waals surface area contributed by atoms with Crippen molar-refractivity contribution in [2.24, 2.45) is 0 Å². The van der Waals surface area contributed by atoms with E-state index in [9.17, 15) is 4.79 Å². The number of rotatable bonds is 6. The minimum atomic E-state index is -0.121. The Kier molecular flexibility index (Phi) is 5.37. The second kappa shape index (κ2) is 7.07. The van der Waals surface area contributed by atoms with Crippen molar-refractivity contribution in [3.63, 3.8) is 0 Å². The molecule has 0 unspecified atom stereocenters. The molecule has 0 aliphatic heterocycles. The van der Waals surface area contributed by atoms with Gasteiger partial charge in [-0.2, -0.15) is 11.3 Å². The molecule has 0 saturated carbocycles. The molecule has 6 heteroatoms. The minimum Gasteiger partial charge on any atom is -0.360 e. The highest BCUT2D eigenvalue weighted by molar-refractivity contribution is 7.07. The molecule has 120 valence electrons. The second-order valence-electron chi connectivity index (χ2n) is 5.91. The van der Waals surface area contributed by atoms with Gasteiger partial charge in [0.2, 0.25) is 0 Å². The molecule has 2 aromatic rings. The number of carbonyl (C=O) groups excluding carboxylic acids is 1. The van der Waals surface area contributed by atoms with Gasteiger partial charge < -0.3 is 14.7 Å². The van der Waals surface area contributed by atoms with Crippen LogP contribution in [-0.2, 0) is 0 Å². The number of aromatic nitrogens is 1. The van der Waals surface area contributed by atoms with Gasteiger partial charge in [-0.05, 0) is 43.4 Å². The van der Waals surface area contributed by atoms with Crippen molar-refractivity contribution in [1.29, 1.82) is 0 Å². The third-order valence-corrected chi connectivity index (χ3v) is 4.35. The molecule has 2 heterocycles. The van der Waals surface area contributed by atoms with Gasteiger partial charge >= 0.3 is 0 Å². The van der Waals surface area contributed by atoms with Gasteiger partial charge in [0.15, 0.2) is 5.76 Å². The average molecular weight is 321 g/mol. The summed E-state index contributed by atoms with van der Waals surface area (Å²) in [6.45, 7) is 6.33. The maximum atomic E-state index is 12.5. The van der Waals surface area contributed by atoms with E-state index in [1.54, 1.807) is 18.3 Å². The van der Waals surface area contributed by atoms with Crippen LogP contribution in [0.5, 0.6) is 0 Å². The number of hydrogen-bond acceptors (Lipinski definition) is 5. The lowest BCUT2D eigenvalue weighted by atomic mass is 10.0. The molecular weight excluding hydrogens is 298 g/mol. The molecule has 0 spiro atoms. The molecule has 1 amide bonds. The fraction of sp³-hybridized carbons (Fsp3) is 0.500. The van der Waals surface area contributed by atoms with Crippen molar-refractivity contribution < 1.29 is 9.32 Å². The van der Waals surface area contributed by atoms with E-state index in [0.29, 0.717) is 23.6 Å². The van der Waals surface area contributed by atoms with Crippen LogP contribution in [0.2, 0.25) is 0 Å². The summed E-state index contributed by atoms with van der Waals surface area (Å²) in [4.78, 5) is 14.6. The highest BCUT2D eigenvalue weighted by Gasteiger charge is 2.23. The smallest absolute Gasteiger partial charge is 0.256 e. The molecule has 2 rings (SSSR count). The number of nitrogens with zero attached hydrogens (tertiary/aromatic N) is 2. The molecule has 0 aliphatic rings. The van der Waals surface area contributed by atoms with Crippen molar-refractivity contribution in [2.75, 3.05) is 20.6 Å². The van der Waals surface area contributed by atoms with E-state index in [-0.39, 0.29) is 17.9 Å². The molecule has 0 aromatic carbocycles. The van der Waals surface area contributed by atoms with Gasteiger partial charge in [0, 0.05) is 12.5 Å². The summed E-state index contributed by atoms with van der Waals surface area (Å²) in [6.07, 6.45) is 0. The summed E-state index contributed by atoms with van der Waals surface area (Å²) in [6, 6.07) is 2.24. The number of nitrogens with one attached hydrogen (secondary N) is 1. The van der Waals surface area contributed by atoms with Crippen LogP contribution in [0.15, 0.2) is 21.3 Å². The topological polar surface area (TPSA) is 58.4 Å². The van der Waals surface area contributed by atoms with Gasteiger partial charge in [-0.1, -0.05) is 19.0 Å². The van der Waals surface area contributed by atoms with E-state index in [4.69, 9.17) is 4.52 Å². The van der Waals surface area contributed by atoms with E-state index in [1.807, 2.05) is 27.9 Å². The summed E-state index contributed by atoms with van der Waals surface area (Å²) in [5.41, 5.74) is 2.41. The van der Waals surface area contributed by atoms with Gasteiger partial charge in [0.25, 0.3) is 5.91 Å². The van der Waals surface area contributed by atoms with Crippen molar-refractivity contribution in [3.05, 3.63) is 39.4 Å². The largest absolute Gasteiger partial charge is 0.360 e. The lowest BCUT2D eigenvalue weighted by Gasteiger charge is -2.24. The minimum absolute atomic E-state index is 0.121. The lowest BCUT2D eigenvalue weighted by Crippen LogP contribution is -2.34. The van der Waals surface area contributed by atoms with Crippen LogP contribution in [-0.4, -0.2) is 36.6 Å². The summed E-state index contributed by atoms with van der Waals surface area (Å²) < 4.78 is 5.28. The fourth-order valence-electron chi connectivity index (χ4n) is 2.40. The van der Waals surface area contributed by atoms with Gasteiger partial charge in [-0.3, -0.25) is 4.79 Å². The zero-order chi connectivity index (χ0) is 16.3. The Labute approximate surface area is 135 Å². The van der Waals surface area contributed by atoms with Crippen molar-refractivity contribution in [1.82, 2.24) is 15.4 Å². The Hall–Kier alpha value is -1.66. The molecule has 1 N–H and O–H groups in total. The van der Waals surface area contributed by atoms with Crippen LogP contribution >= 0.6 is 11.3 Å². The first-order valence-corrected chi connectivity index (χ1v) is 8.29. The molecule has 0 fully saturated rings. The molecule has 1 atom stereocenters. The highest BCUT2D eigenvalue weighted by atomic mass is 32.1. The Morgan fingerprint density at radius 2 is 2.18 bits per heavy atom. The molecule has 2 aromatic heterocycles. The molecule has 0 aliphatic carbocycles. The van der Waals surface area contributed by atoms with Gasteiger partial charge in [-0.25, -0.2) is 0 Å². The number of thiophene rings is 1. The molecular formula is C16H23N3O2S. The normalized spacial score (nSPS) is 12.9. The first-order chi connectivity index (χ1) is 10.4. The lowest BCUT2D eigenvalue weighted by molar-refractivity contribution is 0.0939. The van der Waals surface area contributed by atoms with Crippen LogP contribution in [0, 0.1) is 6.92 Å².